The number of nitrogens with two attached hydrogens (primary N) is 1. The highest BCUT2D eigenvalue weighted by Crippen LogP contribution is 2.38. The molecule has 70 valence electrons. The first-order valence-corrected chi connectivity index (χ1v) is 4.79. The highest BCUT2D eigenvalue weighted by molar-refractivity contribution is 5.41. The molecule has 1 aromatic carbocycles. The molecule has 0 aliphatic heterocycles. The maximum Gasteiger partial charge on any atom is 0.0896 e. The molecule has 1 aromatic rings. The van der Waals surface area contributed by atoms with E-state index in [1.54, 1.807) is 0 Å². The third kappa shape index (κ3) is 1.54. The zero-order chi connectivity index (χ0) is 9.31. The van der Waals surface area contributed by atoms with Crippen molar-refractivity contribution in [3.8, 4) is 0 Å². The van der Waals surface area contributed by atoms with Crippen LogP contribution in [0.5, 0.6) is 0 Å². The van der Waals surface area contributed by atoms with E-state index in [1.165, 1.54) is 0 Å². The number of nitrogen functional groups attached to an aromatic ring is 1. The number of aliphatic hydroxyl groups is 1. The molecular formula is C11H15NO. The van der Waals surface area contributed by atoms with Crippen LogP contribution in [-0.4, -0.2) is 5.11 Å². The molecule has 0 saturated heterocycles. The van der Waals surface area contributed by atoms with Crippen LogP contribution in [-0.2, 0) is 5.60 Å². The van der Waals surface area contributed by atoms with E-state index in [1.807, 2.05) is 24.3 Å². The minimum absolute atomic E-state index is 0.576. The number of hydrogen-bond acceptors (Lipinski definition) is 2. The number of benzene rings is 1. The smallest absolute Gasteiger partial charge is 0.0896 e. The summed E-state index contributed by atoms with van der Waals surface area (Å²) in [6.07, 6.45) is 4.02. The Labute approximate surface area is 78.4 Å². The average Bonchev–Trinajstić information content (AvgIpc) is 2.54. The van der Waals surface area contributed by atoms with Gasteiger partial charge in [0, 0.05) is 5.69 Å². The normalized spacial score (nSPS) is 20.4. The Morgan fingerprint density at radius 2 is 1.62 bits per heavy atom. The van der Waals surface area contributed by atoms with Crippen molar-refractivity contribution in [3.05, 3.63) is 29.8 Å². The minimum atomic E-state index is -0.576. The molecule has 0 atom stereocenters. The summed E-state index contributed by atoms with van der Waals surface area (Å²) in [5.41, 5.74) is 6.78. The van der Waals surface area contributed by atoms with Crippen molar-refractivity contribution in [1.82, 2.24) is 0 Å². The first-order valence-electron chi connectivity index (χ1n) is 4.79. The fourth-order valence-corrected chi connectivity index (χ4v) is 2.04. The van der Waals surface area contributed by atoms with Crippen molar-refractivity contribution in [3.63, 3.8) is 0 Å². The van der Waals surface area contributed by atoms with Crippen LogP contribution in [0.25, 0.3) is 0 Å². The highest BCUT2D eigenvalue weighted by Gasteiger charge is 2.32. The molecule has 0 bridgehead atoms. The van der Waals surface area contributed by atoms with Crippen LogP contribution in [0.4, 0.5) is 5.69 Å². The summed E-state index contributed by atoms with van der Waals surface area (Å²) in [5.74, 6) is 0. The van der Waals surface area contributed by atoms with Crippen molar-refractivity contribution in [1.29, 1.82) is 0 Å². The van der Waals surface area contributed by atoms with Crippen LogP contribution in [0, 0.1) is 0 Å². The molecule has 0 radical (unpaired) electrons. The second-order valence-electron chi connectivity index (χ2n) is 3.86. The molecule has 2 rings (SSSR count). The third-order valence-corrected chi connectivity index (χ3v) is 2.88. The van der Waals surface area contributed by atoms with Gasteiger partial charge >= 0.3 is 0 Å². The summed E-state index contributed by atoms with van der Waals surface area (Å²) >= 11 is 0. The van der Waals surface area contributed by atoms with Crippen LogP contribution >= 0.6 is 0 Å². The van der Waals surface area contributed by atoms with E-state index in [0.717, 1.165) is 36.9 Å². The lowest BCUT2D eigenvalue weighted by Crippen LogP contribution is -2.20. The van der Waals surface area contributed by atoms with Crippen LogP contribution in [0.2, 0.25) is 0 Å². The molecule has 2 nitrogen and oxygen atoms in total. The van der Waals surface area contributed by atoms with Gasteiger partial charge in [0.25, 0.3) is 0 Å². The van der Waals surface area contributed by atoms with Gasteiger partial charge in [-0.2, -0.15) is 0 Å². The monoisotopic (exact) mass is 177 g/mol. The van der Waals surface area contributed by atoms with Crippen LogP contribution in [0.15, 0.2) is 24.3 Å². The van der Waals surface area contributed by atoms with E-state index >= 15 is 0 Å². The summed E-state index contributed by atoms with van der Waals surface area (Å²) in [4.78, 5) is 0. The molecule has 3 N–H and O–H groups in total. The topological polar surface area (TPSA) is 46.2 Å². The fraction of sp³-hybridized carbons (Fsp3) is 0.455. The first kappa shape index (κ1) is 8.57. The van der Waals surface area contributed by atoms with E-state index in [4.69, 9.17) is 5.73 Å². The zero-order valence-electron chi connectivity index (χ0n) is 7.66. The summed E-state index contributed by atoms with van der Waals surface area (Å²) in [7, 11) is 0. The van der Waals surface area contributed by atoms with Crippen molar-refractivity contribution in [2.24, 2.45) is 0 Å². The van der Waals surface area contributed by atoms with Gasteiger partial charge < -0.3 is 10.8 Å². The molecule has 1 saturated carbocycles. The largest absolute Gasteiger partial charge is 0.399 e. The van der Waals surface area contributed by atoms with Crippen LogP contribution < -0.4 is 5.73 Å². The Hall–Kier alpha value is -1.02. The van der Waals surface area contributed by atoms with Crippen molar-refractivity contribution in [2.45, 2.75) is 31.3 Å². The van der Waals surface area contributed by atoms with E-state index in [-0.39, 0.29) is 0 Å². The Morgan fingerprint density at radius 1 is 1.08 bits per heavy atom. The van der Waals surface area contributed by atoms with Gasteiger partial charge in [-0.3, -0.25) is 0 Å². The molecule has 0 unspecified atom stereocenters. The molecule has 0 aromatic heterocycles. The van der Waals surface area contributed by atoms with Crippen LogP contribution in [0.3, 0.4) is 0 Å². The molecule has 0 spiro atoms. The lowest BCUT2D eigenvalue weighted by atomic mass is 9.92. The first-order chi connectivity index (χ1) is 6.21. The third-order valence-electron chi connectivity index (χ3n) is 2.88. The van der Waals surface area contributed by atoms with Crippen molar-refractivity contribution >= 4 is 5.69 Å². The van der Waals surface area contributed by atoms with Gasteiger partial charge in [-0.25, -0.2) is 0 Å². The van der Waals surface area contributed by atoms with Gasteiger partial charge in [-0.1, -0.05) is 25.0 Å². The summed E-state index contributed by atoms with van der Waals surface area (Å²) in [6.45, 7) is 0. The lowest BCUT2D eigenvalue weighted by Gasteiger charge is -2.22. The van der Waals surface area contributed by atoms with Gasteiger partial charge in [0.2, 0.25) is 0 Å². The Balaban J connectivity index is 2.29. The molecule has 0 heterocycles. The van der Waals surface area contributed by atoms with Crippen LogP contribution in [0.1, 0.15) is 31.2 Å². The Morgan fingerprint density at radius 3 is 2.15 bits per heavy atom. The Bertz CT molecular complexity index is 285. The Kier molecular flexibility index (Phi) is 2.00. The maximum atomic E-state index is 10.2. The molecule has 2 heteroatoms. The second kappa shape index (κ2) is 3.04. The van der Waals surface area contributed by atoms with E-state index in [2.05, 4.69) is 0 Å². The summed E-state index contributed by atoms with van der Waals surface area (Å²) in [5, 5.41) is 10.2. The number of hydrogen-bond donors (Lipinski definition) is 2. The second-order valence-corrected chi connectivity index (χ2v) is 3.86. The lowest BCUT2D eigenvalue weighted by molar-refractivity contribution is 0.0445. The van der Waals surface area contributed by atoms with Crippen molar-refractivity contribution < 1.29 is 5.11 Å². The number of rotatable bonds is 1. The summed E-state index contributed by atoms with van der Waals surface area (Å²) in [6, 6.07) is 7.57. The van der Waals surface area contributed by atoms with Gasteiger partial charge in [0.15, 0.2) is 0 Å². The SMILES string of the molecule is Nc1ccc(C2(O)CCCC2)cc1. The zero-order valence-corrected chi connectivity index (χ0v) is 7.66. The van der Waals surface area contributed by atoms with E-state index < -0.39 is 5.60 Å². The molecular weight excluding hydrogens is 162 g/mol. The van der Waals surface area contributed by atoms with Crippen molar-refractivity contribution in [2.75, 3.05) is 5.73 Å². The predicted octanol–water partition coefficient (Wildman–Crippen LogP) is 2.03. The highest BCUT2D eigenvalue weighted by atomic mass is 16.3. The van der Waals surface area contributed by atoms with E-state index in [0.29, 0.717) is 0 Å². The van der Waals surface area contributed by atoms with Gasteiger partial charge in [-0.05, 0) is 30.5 Å². The minimum Gasteiger partial charge on any atom is -0.399 e. The molecule has 1 aliphatic rings. The van der Waals surface area contributed by atoms with Gasteiger partial charge in [0.1, 0.15) is 0 Å². The average molecular weight is 177 g/mol. The van der Waals surface area contributed by atoms with E-state index in [9.17, 15) is 5.11 Å². The molecule has 1 fully saturated rings. The molecule has 0 amide bonds. The predicted molar refractivity (Wildman–Crippen MR) is 53.2 cm³/mol. The number of anilines is 1. The van der Waals surface area contributed by atoms with Gasteiger partial charge in [-0.15, -0.1) is 0 Å². The summed E-state index contributed by atoms with van der Waals surface area (Å²) < 4.78 is 0. The molecule has 13 heavy (non-hydrogen) atoms. The standard InChI is InChI=1S/C11H15NO/c12-10-5-3-9(4-6-10)11(13)7-1-2-8-11/h3-6,13H,1-2,7-8,12H2. The maximum absolute atomic E-state index is 10.2. The molecule has 1 aliphatic carbocycles. The van der Waals surface area contributed by atoms with Gasteiger partial charge in [0.05, 0.1) is 5.60 Å². The fourth-order valence-electron chi connectivity index (χ4n) is 2.04. The quantitative estimate of drug-likeness (QED) is 0.645.